The van der Waals surface area contributed by atoms with Crippen LogP contribution in [0.3, 0.4) is 0 Å². The second-order valence-electron chi connectivity index (χ2n) is 8.70. The lowest BCUT2D eigenvalue weighted by atomic mass is 9.92. The Labute approximate surface area is 204 Å². The van der Waals surface area contributed by atoms with Gasteiger partial charge in [0.15, 0.2) is 0 Å². The Morgan fingerprint density at radius 2 is 1.71 bits per heavy atom. The van der Waals surface area contributed by atoms with Crippen LogP contribution in [0.4, 0.5) is 4.39 Å². The highest BCUT2D eigenvalue weighted by Crippen LogP contribution is 2.34. The van der Waals surface area contributed by atoms with Crippen LogP contribution >= 0.6 is 11.6 Å². The molecule has 34 heavy (non-hydrogen) atoms. The van der Waals surface area contributed by atoms with Crippen molar-refractivity contribution in [2.45, 2.75) is 38.8 Å². The van der Waals surface area contributed by atoms with E-state index in [0.717, 1.165) is 33.0 Å². The number of carboxylic acids is 1. The molecule has 0 aliphatic heterocycles. The number of hydrogen-bond donors (Lipinski definition) is 2. The first kappa shape index (κ1) is 23.9. The van der Waals surface area contributed by atoms with E-state index in [9.17, 15) is 9.18 Å². The highest BCUT2D eigenvalue weighted by atomic mass is 35.5. The van der Waals surface area contributed by atoms with Gasteiger partial charge in [0.2, 0.25) is 0 Å². The number of carboxylic acid groups (broad SMARTS) is 1. The number of halogens is 2. The predicted molar refractivity (Wildman–Crippen MR) is 137 cm³/mol. The van der Waals surface area contributed by atoms with Gasteiger partial charge in [0.25, 0.3) is 0 Å². The number of nitrogens with one attached hydrogen (secondary N) is 1. The van der Waals surface area contributed by atoms with Crippen LogP contribution in [0.5, 0.6) is 0 Å². The quantitative estimate of drug-likeness (QED) is 0.274. The van der Waals surface area contributed by atoms with Crippen molar-refractivity contribution in [1.82, 2.24) is 5.32 Å². The van der Waals surface area contributed by atoms with E-state index in [-0.39, 0.29) is 30.7 Å². The van der Waals surface area contributed by atoms with Crippen LogP contribution in [0.1, 0.15) is 49.0 Å². The molecule has 3 nitrogen and oxygen atoms in total. The number of hydrogen-bond acceptors (Lipinski definition) is 2. The van der Waals surface area contributed by atoms with Gasteiger partial charge in [-0.3, -0.25) is 4.79 Å². The van der Waals surface area contributed by atoms with Crippen molar-refractivity contribution < 1.29 is 14.3 Å². The fraction of sp³-hybridized carbons (Fsp3) is 0.207. The third kappa shape index (κ3) is 5.64. The molecule has 0 fully saturated rings. The summed E-state index contributed by atoms with van der Waals surface area (Å²) in [5.41, 5.74) is 4.53. The first-order chi connectivity index (χ1) is 16.3. The summed E-state index contributed by atoms with van der Waals surface area (Å²) in [7, 11) is 0. The van der Waals surface area contributed by atoms with Gasteiger partial charge in [-0.15, -0.1) is 0 Å². The van der Waals surface area contributed by atoms with Crippen molar-refractivity contribution in [2.75, 3.05) is 0 Å². The van der Waals surface area contributed by atoms with Crippen LogP contribution in [0, 0.1) is 5.82 Å². The number of rotatable bonds is 8. The van der Waals surface area contributed by atoms with Gasteiger partial charge in [-0.25, -0.2) is 4.39 Å². The van der Waals surface area contributed by atoms with E-state index in [0.29, 0.717) is 10.6 Å². The maximum absolute atomic E-state index is 14.5. The number of fused-ring (bicyclic) bond motifs is 1. The van der Waals surface area contributed by atoms with Crippen molar-refractivity contribution in [1.29, 1.82) is 0 Å². The Bertz CT molecular complexity index is 1340. The molecule has 0 amide bonds. The number of carbonyl (C=O) groups is 1. The third-order valence-corrected chi connectivity index (χ3v) is 6.36. The Morgan fingerprint density at radius 3 is 2.47 bits per heavy atom. The van der Waals surface area contributed by atoms with E-state index in [1.54, 1.807) is 0 Å². The third-order valence-electron chi connectivity index (χ3n) is 6.13. The maximum atomic E-state index is 14.5. The Kier molecular flexibility index (Phi) is 7.30. The van der Waals surface area contributed by atoms with E-state index in [2.05, 4.69) is 37.4 Å². The standard InChI is InChI=1S/C29H27ClFNO2/c1-18(21-7-5-8-25(30)15-21)32-19(2)23-14-22-6-3-4-9-27(22)28(17-23)24-12-20(10-11-29(33)34)13-26(31)16-24/h3-9,12-19,32H,10-11H2,1-2H3,(H,33,34)/t18-,19?/m1/s1. The molecule has 0 saturated heterocycles. The summed E-state index contributed by atoms with van der Waals surface area (Å²) in [6, 6.07) is 25.1. The molecular formula is C29H27ClFNO2. The summed E-state index contributed by atoms with van der Waals surface area (Å²) in [6.45, 7) is 4.21. The molecule has 174 valence electrons. The fourth-order valence-electron chi connectivity index (χ4n) is 4.37. The molecule has 4 rings (SSSR count). The summed E-state index contributed by atoms with van der Waals surface area (Å²) < 4.78 is 14.5. The van der Waals surface area contributed by atoms with E-state index < -0.39 is 5.97 Å². The van der Waals surface area contributed by atoms with E-state index in [1.165, 1.54) is 12.1 Å². The highest BCUT2D eigenvalue weighted by molar-refractivity contribution is 6.30. The van der Waals surface area contributed by atoms with Crippen molar-refractivity contribution in [3.8, 4) is 11.1 Å². The molecule has 0 aromatic heterocycles. The molecule has 1 unspecified atom stereocenters. The zero-order valence-corrected chi connectivity index (χ0v) is 19.9. The summed E-state index contributed by atoms with van der Waals surface area (Å²) in [5, 5.41) is 15.5. The number of aliphatic carboxylic acids is 1. The molecular weight excluding hydrogens is 449 g/mol. The summed E-state index contributed by atoms with van der Waals surface area (Å²) in [5.74, 6) is -1.26. The van der Waals surface area contributed by atoms with Crippen molar-refractivity contribution in [2.24, 2.45) is 0 Å². The van der Waals surface area contributed by atoms with E-state index in [1.807, 2.05) is 48.5 Å². The predicted octanol–water partition coefficient (Wildman–Crippen LogP) is 7.73. The lowest BCUT2D eigenvalue weighted by Crippen LogP contribution is -2.22. The first-order valence-corrected chi connectivity index (χ1v) is 11.7. The Morgan fingerprint density at radius 1 is 0.941 bits per heavy atom. The molecule has 0 aliphatic rings. The van der Waals surface area contributed by atoms with Crippen LogP contribution in [-0.2, 0) is 11.2 Å². The van der Waals surface area contributed by atoms with E-state index in [4.69, 9.17) is 16.7 Å². The molecule has 0 aliphatic carbocycles. The molecule has 2 atom stereocenters. The molecule has 0 heterocycles. The van der Waals surface area contributed by atoms with Crippen LogP contribution in [0.2, 0.25) is 5.02 Å². The molecule has 2 N–H and O–H groups in total. The number of benzene rings is 4. The van der Waals surface area contributed by atoms with Crippen molar-refractivity contribution >= 4 is 28.3 Å². The molecule has 0 bridgehead atoms. The SMILES string of the molecule is CC(N[C@H](C)c1cccc(Cl)c1)c1cc(-c2cc(F)cc(CCC(=O)O)c2)c2ccccc2c1. The van der Waals surface area contributed by atoms with Crippen LogP contribution in [0.25, 0.3) is 21.9 Å². The second-order valence-corrected chi connectivity index (χ2v) is 9.13. The summed E-state index contributed by atoms with van der Waals surface area (Å²) >= 11 is 6.17. The zero-order valence-electron chi connectivity index (χ0n) is 19.2. The van der Waals surface area contributed by atoms with Gasteiger partial charge in [0.05, 0.1) is 0 Å². The van der Waals surface area contributed by atoms with Gasteiger partial charge in [-0.1, -0.05) is 54.1 Å². The van der Waals surface area contributed by atoms with Gasteiger partial charge in [0.1, 0.15) is 5.82 Å². The minimum absolute atomic E-state index is 0.0253. The van der Waals surface area contributed by atoms with Crippen molar-refractivity contribution in [3.05, 3.63) is 106 Å². The van der Waals surface area contributed by atoms with Crippen LogP contribution in [-0.4, -0.2) is 11.1 Å². The zero-order chi connectivity index (χ0) is 24.2. The minimum atomic E-state index is -0.896. The van der Waals surface area contributed by atoms with Gasteiger partial charge >= 0.3 is 5.97 Å². The fourth-order valence-corrected chi connectivity index (χ4v) is 4.57. The van der Waals surface area contributed by atoms with Gasteiger partial charge in [-0.2, -0.15) is 0 Å². The summed E-state index contributed by atoms with van der Waals surface area (Å²) in [6.07, 6.45) is 0.249. The Balaban J connectivity index is 1.72. The largest absolute Gasteiger partial charge is 0.481 e. The summed E-state index contributed by atoms with van der Waals surface area (Å²) in [4.78, 5) is 11.0. The molecule has 4 aromatic rings. The molecule has 0 radical (unpaired) electrons. The van der Waals surface area contributed by atoms with E-state index >= 15 is 0 Å². The average Bonchev–Trinajstić information content (AvgIpc) is 2.81. The molecule has 5 heteroatoms. The molecule has 4 aromatic carbocycles. The van der Waals surface area contributed by atoms with Crippen molar-refractivity contribution in [3.63, 3.8) is 0 Å². The normalized spacial score (nSPS) is 13.1. The highest BCUT2D eigenvalue weighted by Gasteiger charge is 2.15. The maximum Gasteiger partial charge on any atom is 0.303 e. The number of aryl methyl sites for hydroxylation is 1. The lowest BCUT2D eigenvalue weighted by molar-refractivity contribution is -0.136. The topological polar surface area (TPSA) is 49.3 Å². The first-order valence-electron chi connectivity index (χ1n) is 11.4. The minimum Gasteiger partial charge on any atom is -0.481 e. The van der Waals surface area contributed by atoms with Crippen LogP contribution < -0.4 is 5.32 Å². The lowest BCUT2D eigenvalue weighted by Gasteiger charge is -2.22. The molecule has 0 saturated carbocycles. The smallest absolute Gasteiger partial charge is 0.303 e. The average molecular weight is 476 g/mol. The van der Waals surface area contributed by atoms with Gasteiger partial charge < -0.3 is 10.4 Å². The second kappa shape index (κ2) is 10.4. The van der Waals surface area contributed by atoms with Gasteiger partial charge in [0, 0.05) is 23.5 Å². The Hall–Kier alpha value is -3.21. The van der Waals surface area contributed by atoms with Crippen LogP contribution in [0.15, 0.2) is 78.9 Å². The molecule has 0 spiro atoms. The monoisotopic (exact) mass is 475 g/mol. The van der Waals surface area contributed by atoms with Gasteiger partial charge in [-0.05, 0) is 95.3 Å².